The average molecular weight is 326 g/mol. The Bertz CT molecular complexity index is 808. The molecule has 0 amide bonds. The summed E-state index contributed by atoms with van der Waals surface area (Å²) < 4.78 is 10.6. The van der Waals surface area contributed by atoms with Crippen molar-refractivity contribution in [1.29, 1.82) is 0 Å². The molecule has 5 nitrogen and oxygen atoms in total. The van der Waals surface area contributed by atoms with E-state index in [1.807, 2.05) is 47.2 Å². The second-order valence-electron chi connectivity index (χ2n) is 5.55. The van der Waals surface area contributed by atoms with Crippen LogP contribution in [0.4, 0.5) is 0 Å². The number of thiophene rings is 1. The van der Waals surface area contributed by atoms with Crippen molar-refractivity contribution in [3.8, 4) is 11.4 Å². The molecule has 116 valence electrons. The number of ether oxygens (including phenoxy) is 1. The van der Waals surface area contributed by atoms with E-state index in [0.717, 1.165) is 24.0 Å². The molecule has 0 aliphatic heterocycles. The van der Waals surface area contributed by atoms with E-state index in [2.05, 4.69) is 10.1 Å². The highest BCUT2D eigenvalue weighted by Gasteiger charge is 2.52. The normalized spacial score (nSPS) is 15.3. The summed E-state index contributed by atoms with van der Waals surface area (Å²) in [6.45, 7) is 0.00452. The number of rotatable bonds is 5. The van der Waals surface area contributed by atoms with Gasteiger partial charge in [0.2, 0.25) is 5.82 Å². The van der Waals surface area contributed by atoms with Gasteiger partial charge in [-0.25, -0.2) is 0 Å². The van der Waals surface area contributed by atoms with Crippen LogP contribution in [0.3, 0.4) is 0 Å². The number of hydrogen-bond acceptors (Lipinski definition) is 6. The van der Waals surface area contributed by atoms with Gasteiger partial charge in [-0.05, 0) is 29.9 Å². The van der Waals surface area contributed by atoms with Gasteiger partial charge in [0.05, 0.1) is 5.41 Å². The molecule has 1 aromatic carbocycles. The molecule has 0 N–H and O–H groups in total. The van der Waals surface area contributed by atoms with Crippen LogP contribution < -0.4 is 0 Å². The Labute approximate surface area is 136 Å². The van der Waals surface area contributed by atoms with Crippen LogP contribution in [-0.2, 0) is 21.6 Å². The molecule has 1 aliphatic rings. The molecule has 3 aromatic rings. The topological polar surface area (TPSA) is 65.2 Å². The number of aromatic nitrogens is 2. The van der Waals surface area contributed by atoms with E-state index in [0.29, 0.717) is 11.7 Å². The second kappa shape index (κ2) is 5.62. The highest BCUT2D eigenvalue weighted by molar-refractivity contribution is 7.08. The summed E-state index contributed by atoms with van der Waals surface area (Å²) in [6.07, 6.45) is 1.64. The van der Waals surface area contributed by atoms with Crippen molar-refractivity contribution >= 4 is 17.3 Å². The van der Waals surface area contributed by atoms with E-state index in [9.17, 15) is 4.79 Å². The minimum Gasteiger partial charge on any atom is -0.455 e. The summed E-state index contributed by atoms with van der Waals surface area (Å²) in [5.74, 6) is 0.601. The van der Waals surface area contributed by atoms with Gasteiger partial charge in [0.1, 0.15) is 0 Å². The smallest absolute Gasteiger partial charge is 0.317 e. The number of benzene rings is 1. The molecule has 0 radical (unpaired) electrons. The van der Waals surface area contributed by atoms with Crippen molar-refractivity contribution in [2.45, 2.75) is 24.9 Å². The van der Waals surface area contributed by atoms with Gasteiger partial charge in [-0.2, -0.15) is 16.3 Å². The molecule has 0 saturated heterocycles. The van der Waals surface area contributed by atoms with E-state index >= 15 is 0 Å². The maximum Gasteiger partial charge on any atom is 0.317 e. The Morgan fingerprint density at radius 3 is 2.78 bits per heavy atom. The molecule has 0 bridgehead atoms. The zero-order valence-electron chi connectivity index (χ0n) is 12.3. The Morgan fingerprint density at radius 2 is 2.09 bits per heavy atom. The molecule has 1 aliphatic carbocycles. The first kappa shape index (κ1) is 14.1. The standard InChI is InChI=1S/C17H14N2O3S/c20-16(17(7-8-17)13-4-2-1-3-5-13)21-10-14-18-15(19-22-14)12-6-9-23-11-12/h1-6,9,11H,7-8,10H2. The van der Waals surface area contributed by atoms with Crippen LogP contribution in [0.5, 0.6) is 0 Å². The molecule has 6 heteroatoms. The van der Waals surface area contributed by atoms with Gasteiger partial charge >= 0.3 is 5.97 Å². The number of esters is 1. The van der Waals surface area contributed by atoms with E-state index in [4.69, 9.17) is 9.26 Å². The third kappa shape index (κ3) is 2.66. The van der Waals surface area contributed by atoms with Crippen LogP contribution in [0.2, 0.25) is 0 Å². The van der Waals surface area contributed by atoms with Crippen LogP contribution in [-0.4, -0.2) is 16.1 Å². The van der Waals surface area contributed by atoms with Gasteiger partial charge in [0.25, 0.3) is 5.89 Å². The molecule has 2 heterocycles. The quantitative estimate of drug-likeness (QED) is 0.671. The van der Waals surface area contributed by atoms with E-state index < -0.39 is 5.41 Å². The number of carbonyl (C=O) groups excluding carboxylic acids is 1. The Morgan fingerprint density at radius 1 is 1.26 bits per heavy atom. The Kier molecular flexibility index (Phi) is 3.46. The number of nitrogens with zero attached hydrogens (tertiary/aromatic N) is 2. The van der Waals surface area contributed by atoms with Crippen LogP contribution in [0.25, 0.3) is 11.4 Å². The van der Waals surface area contributed by atoms with Crippen molar-refractivity contribution in [2.24, 2.45) is 0 Å². The summed E-state index contributed by atoms with van der Waals surface area (Å²) >= 11 is 1.56. The predicted octanol–water partition coefficient (Wildman–Crippen LogP) is 3.57. The first-order valence-electron chi connectivity index (χ1n) is 7.36. The lowest BCUT2D eigenvalue weighted by atomic mass is 9.96. The van der Waals surface area contributed by atoms with E-state index in [1.54, 1.807) is 11.3 Å². The molecular weight excluding hydrogens is 312 g/mol. The van der Waals surface area contributed by atoms with Crippen LogP contribution in [0.15, 0.2) is 51.7 Å². The van der Waals surface area contributed by atoms with Crippen molar-refractivity contribution in [3.63, 3.8) is 0 Å². The monoisotopic (exact) mass is 326 g/mol. The molecule has 1 fully saturated rings. The average Bonchev–Trinajstić information content (AvgIpc) is 3.00. The fraction of sp³-hybridized carbons (Fsp3) is 0.235. The number of hydrogen-bond donors (Lipinski definition) is 0. The first-order chi connectivity index (χ1) is 11.3. The molecule has 23 heavy (non-hydrogen) atoms. The fourth-order valence-electron chi connectivity index (χ4n) is 2.58. The Hall–Kier alpha value is -2.47. The van der Waals surface area contributed by atoms with Crippen molar-refractivity contribution in [1.82, 2.24) is 10.1 Å². The van der Waals surface area contributed by atoms with Gasteiger partial charge < -0.3 is 9.26 Å². The number of carbonyl (C=O) groups is 1. The SMILES string of the molecule is O=C(OCc1nc(-c2ccsc2)no1)C1(c2ccccc2)CC1. The summed E-state index contributed by atoms with van der Waals surface area (Å²) in [7, 11) is 0. The highest BCUT2D eigenvalue weighted by Crippen LogP contribution is 2.49. The van der Waals surface area contributed by atoms with Gasteiger partial charge in [-0.3, -0.25) is 4.79 Å². The third-order valence-corrected chi connectivity index (χ3v) is 4.72. The van der Waals surface area contributed by atoms with Crippen LogP contribution in [0, 0.1) is 0 Å². The lowest BCUT2D eigenvalue weighted by Crippen LogP contribution is -2.23. The summed E-state index contributed by atoms with van der Waals surface area (Å²) in [5, 5.41) is 7.79. The van der Waals surface area contributed by atoms with Crippen molar-refractivity contribution in [2.75, 3.05) is 0 Å². The summed E-state index contributed by atoms with van der Waals surface area (Å²) in [6, 6.07) is 11.7. The van der Waals surface area contributed by atoms with Crippen molar-refractivity contribution in [3.05, 3.63) is 58.6 Å². The molecule has 1 saturated carbocycles. The molecule has 0 unspecified atom stereocenters. The zero-order valence-corrected chi connectivity index (χ0v) is 13.1. The van der Waals surface area contributed by atoms with Gasteiger partial charge in [-0.1, -0.05) is 35.5 Å². The van der Waals surface area contributed by atoms with Crippen LogP contribution >= 0.6 is 11.3 Å². The lowest BCUT2D eigenvalue weighted by Gasteiger charge is -2.13. The largest absolute Gasteiger partial charge is 0.455 e. The van der Waals surface area contributed by atoms with Crippen molar-refractivity contribution < 1.29 is 14.1 Å². The predicted molar refractivity (Wildman–Crippen MR) is 84.8 cm³/mol. The minimum absolute atomic E-state index is 0.00452. The lowest BCUT2D eigenvalue weighted by molar-refractivity contribution is -0.148. The molecule has 4 rings (SSSR count). The molecule has 0 spiro atoms. The van der Waals surface area contributed by atoms with E-state index in [1.165, 1.54) is 0 Å². The molecular formula is C17H14N2O3S. The minimum atomic E-state index is -0.489. The second-order valence-corrected chi connectivity index (χ2v) is 6.33. The first-order valence-corrected chi connectivity index (χ1v) is 8.30. The zero-order chi connectivity index (χ0) is 15.7. The molecule has 2 aromatic heterocycles. The maximum atomic E-state index is 12.4. The highest BCUT2D eigenvalue weighted by atomic mass is 32.1. The van der Waals surface area contributed by atoms with Gasteiger partial charge in [-0.15, -0.1) is 0 Å². The maximum absolute atomic E-state index is 12.4. The van der Waals surface area contributed by atoms with E-state index in [-0.39, 0.29) is 12.6 Å². The third-order valence-electron chi connectivity index (χ3n) is 4.04. The molecule has 0 atom stereocenters. The van der Waals surface area contributed by atoms with Gasteiger partial charge in [0, 0.05) is 10.9 Å². The summed E-state index contributed by atoms with van der Waals surface area (Å²) in [5.41, 5.74) is 1.42. The fourth-order valence-corrected chi connectivity index (χ4v) is 3.22. The summed E-state index contributed by atoms with van der Waals surface area (Å²) in [4.78, 5) is 16.7. The van der Waals surface area contributed by atoms with Gasteiger partial charge in [0.15, 0.2) is 6.61 Å². The Balaban J connectivity index is 1.43. The van der Waals surface area contributed by atoms with Crippen LogP contribution in [0.1, 0.15) is 24.3 Å².